The molecule has 0 aliphatic rings. The normalized spacial score (nSPS) is 11.6. The largest absolute Gasteiger partial charge is 0.352 e. The average molecular weight is 303 g/mol. The van der Waals surface area contributed by atoms with Crippen molar-refractivity contribution in [2.24, 2.45) is 0 Å². The summed E-state index contributed by atoms with van der Waals surface area (Å²) < 4.78 is -1.94. The molecule has 1 aromatic carbocycles. The first-order valence-corrected chi connectivity index (χ1v) is 6.39. The maximum absolute atomic E-state index is 11.7. The lowest BCUT2D eigenvalue weighted by molar-refractivity contribution is 0.0992. The summed E-state index contributed by atoms with van der Waals surface area (Å²) in [7, 11) is 0. The molecule has 0 unspecified atom stereocenters. The Kier molecular flexibility index (Phi) is 3.71. The number of Topliss-reactive ketones (excluding diaryl/α,β-unsaturated/α-hetero) is 1. The first-order valence-electron chi connectivity index (χ1n) is 5.25. The van der Waals surface area contributed by atoms with Crippen molar-refractivity contribution in [3.63, 3.8) is 0 Å². The molecule has 0 spiro atoms. The van der Waals surface area contributed by atoms with Gasteiger partial charge in [-0.1, -0.05) is 64.6 Å². The number of benzene rings is 1. The molecule has 5 heteroatoms. The number of carbonyl (C=O) groups excluding carboxylic acids is 1. The summed E-state index contributed by atoms with van der Waals surface area (Å²) in [6.07, 6.45) is 0. The number of ketones is 1. The molecular weight excluding hydrogens is 293 g/mol. The Morgan fingerprint density at radius 2 is 1.67 bits per heavy atom. The lowest BCUT2D eigenvalue weighted by atomic mass is 10.1. The zero-order chi connectivity index (χ0) is 13.3. The van der Waals surface area contributed by atoms with Crippen LogP contribution in [0.5, 0.6) is 0 Å². The van der Waals surface area contributed by atoms with E-state index in [1.54, 1.807) is 12.1 Å². The molecule has 2 rings (SSSR count). The number of aryl methyl sites for hydroxylation is 1. The van der Waals surface area contributed by atoms with Crippen LogP contribution in [0.2, 0.25) is 0 Å². The third-order valence-corrected chi connectivity index (χ3v) is 3.07. The van der Waals surface area contributed by atoms with Gasteiger partial charge < -0.3 is 4.98 Å². The number of rotatable bonds is 2. The number of aromatic amines is 1. The van der Waals surface area contributed by atoms with Gasteiger partial charge in [0.1, 0.15) is 0 Å². The van der Waals surface area contributed by atoms with Crippen LogP contribution < -0.4 is 0 Å². The predicted octanol–water partition coefficient (Wildman–Crippen LogP) is 4.54. The number of carbonyl (C=O) groups is 1. The second-order valence-corrected chi connectivity index (χ2v) is 6.26. The van der Waals surface area contributed by atoms with Gasteiger partial charge in [-0.2, -0.15) is 0 Å². The molecule has 0 saturated carbocycles. The van der Waals surface area contributed by atoms with Crippen molar-refractivity contribution in [2.45, 2.75) is 10.7 Å². The van der Waals surface area contributed by atoms with Crippen molar-refractivity contribution in [3.8, 4) is 11.3 Å². The Hall–Kier alpha value is -0.960. The molecule has 1 N–H and O–H groups in total. The van der Waals surface area contributed by atoms with Gasteiger partial charge in [-0.3, -0.25) is 4.79 Å². The fraction of sp³-hybridized carbons (Fsp3) is 0.154. The van der Waals surface area contributed by atoms with Gasteiger partial charge in [-0.05, 0) is 24.6 Å². The number of hydrogen-bond donors (Lipinski definition) is 1. The van der Waals surface area contributed by atoms with Crippen molar-refractivity contribution in [1.82, 2.24) is 4.98 Å². The number of H-pyrrole nitrogens is 1. The zero-order valence-electron chi connectivity index (χ0n) is 9.51. The van der Waals surface area contributed by atoms with Crippen molar-refractivity contribution in [1.29, 1.82) is 0 Å². The number of halogens is 3. The highest BCUT2D eigenvalue weighted by atomic mass is 35.6. The van der Waals surface area contributed by atoms with E-state index in [1.807, 2.05) is 31.2 Å². The van der Waals surface area contributed by atoms with Crippen LogP contribution >= 0.6 is 34.8 Å². The van der Waals surface area contributed by atoms with Crippen LogP contribution in [0.25, 0.3) is 11.3 Å². The maximum Gasteiger partial charge on any atom is 0.254 e. The second kappa shape index (κ2) is 4.96. The SMILES string of the molecule is Cc1ccc(-c2ccc(C(=O)C(Cl)(Cl)Cl)[nH]2)cc1. The van der Waals surface area contributed by atoms with Crippen LogP contribution in [0, 0.1) is 6.92 Å². The Morgan fingerprint density at radius 3 is 2.22 bits per heavy atom. The molecule has 1 heterocycles. The molecule has 2 nitrogen and oxygen atoms in total. The molecule has 0 fully saturated rings. The third kappa shape index (κ3) is 2.89. The van der Waals surface area contributed by atoms with Crippen LogP contribution in [0.1, 0.15) is 16.1 Å². The lowest BCUT2D eigenvalue weighted by Crippen LogP contribution is -2.19. The van der Waals surface area contributed by atoms with E-state index in [1.165, 1.54) is 5.56 Å². The summed E-state index contributed by atoms with van der Waals surface area (Å²) in [5, 5.41) is 0. The molecule has 0 aliphatic carbocycles. The summed E-state index contributed by atoms with van der Waals surface area (Å²) in [4.78, 5) is 14.7. The smallest absolute Gasteiger partial charge is 0.254 e. The Morgan fingerprint density at radius 1 is 1.06 bits per heavy atom. The van der Waals surface area contributed by atoms with Gasteiger partial charge in [-0.25, -0.2) is 0 Å². The third-order valence-electron chi connectivity index (χ3n) is 2.55. The van der Waals surface area contributed by atoms with Gasteiger partial charge in [0.2, 0.25) is 5.78 Å². The van der Waals surface area contributed by atoms with E-state index < -0.39 is 9.58 Å². The maximum atomic E-state index is 11.7. The first kappa shape index (κ1) is 13.5. The molecule has 2 aromatic rings. The van der Waals surface area contributed by atoms with E-state index in [0.29, 0.717) is 0 Å². The highest BCUT2D eigenvalue weighted by molar-refractivity contribution is 6.77. The van der Waals surface area contributed by atoms with Crippen LogP contribution in [0.3, 0.4) is 0 Å². The Bertz CT molecular complexity index is 567. The van der Waals surface area contributed by atoms with Crippen molar-refractivity contribution in [3.05, 3.63) is 47.7 Å². The van der Waals surface area contributed by atoms with E-state index in [2.05, 4.69) is 4.98 Å². The lowest BCUT2D eigenvalue weighted by Gasteiger charge is -2.07. The van der Waals surface area contributed by atoms with Crippen molar-refractivity contribution < 1.29 is 4.79 Å². The van der Waals surface area contributed by atoms with Crippen LogP contribution in [0.15, 0.2) is 36.4 Å². The fourth-order valence-electron chi connectivity index (χ4n) is 1.58. The molecule has 0 saturated heterocycles. The molecule has 0 radical (unpaired) electrons. The summed E-state index contributed by atoms with van der Waals surface area (Å²) in [5.41, 5.74) is 3.24. The molecular formula is C13H10Cl3NO. The summed E-state index contributed by atoms with van der Waals surface area (Å²) in [5.74, 6) is -0.564. The van der Waals surface area contributed by atoms with Gasteiger partial charge in [0.25, 0.3) is 3.79 Å². The molecule has 94 valence electrons. The van der Waals surface area contributed by atoms with E-state index in [-0.39, 0.29) is 5.69 Å². The highest BCUT2D eigenvalue weighted by Crippen LogP contribution is 2.31. The van der Waals surface area contributed by atoms with E-state index in [9.17, 15) is 4.79 Å². The Labute approximate surface area is 120 Å². The molecule has 18 heavy (non-hydrogen) atoms. The minimum atomic E-state index is -1.94. The molecule has 1 aromatic heterocycles. The van der Waals surface area contributed by atoms with E-state index in [0.717, 1.165) is 11.3 Å². The number of hydrogen-bond acceptors (Lipinski definition) is 1. The molecule has 0 amide bonds. The Balaban J connectivity index is 2.31. The summed E-state index contributed by atoms with van der Waals surface area (Å²) >= 11 is 16.7. The van der Waals surface area contributed by atoms with Gasteiger partial charge in [-0.15, -0.1) is 0 Å². The van der Waals surface area contributed by atoms with Crippen LogP contribution in [-0.4, -0.2) is 14.6 Å². The van der Waals surface area contributed by atoms with Gasteiger partial charge >= 0.3 is 0 Å². The summed E-state index contributed by atoms with van der Waals surface area (Å²) in [6, 6.07) is 11.3. The second-order valence-electron chi connectivity index (χ2n) is 3.98. The molecule has 0 bridgehead atoms. The average Bonchev–Trinajstić information content (AvgIpc) is 2.77. The molecule has 0 atom stereocenters. The van der Waals surface area contributed by atoms with Crippen molar-refractivity contribution in [2.75, 3.05) is 0 Å². The topological polar surface area (TPSA) is 32.9 Å². The monoisotopic (exact) mass is 301 g/mol. The standard InChI is InChI=1S/C13H10Cl3NO/c1-8-2-4-9(5-3-8)10-6-7-11(17-10)12(18)13(14,15)16/h2-7,17H,1H3. The fourth-order valence-corrected chi connectivity index (χ4v) is 1.89. The van der Waals surface area contributed by atoms with Gasteiger partial charge in [0.05, 0.1) is 5.69 Å². The minimum Gasteiger partial charge on any atom is -0.352 e. The predicted molar refractivity (Wildman–Crippen MR) is 75.6 cm³/mol. The quantitative estimate of drug-likeness (QED) is 0.641. The van der Waals surface area contributed by atoms with Crippen LogP contribution in [0.4, 0.5) is 0 Å². The molecule has 0 aliphatic heterocycles. The zero-order valence-corrected chi connectivity index (χ0v) is 11.8. The van der Waals surface area contributed by atoms with Gasteiger partial charge in [0.15, 0.2) is 0 Å². The first-order chi connectivity index (χ1) is 8.38. The summed E-state index contributed by atoms with van der Waals surface area (Å²) in [6.45, 7) is 2.01. The minimum absolute atomic E-state index is 0.283. The van der Waals surface area contributed by atoms with Gasteiger partial charge in [0, 0.05) is 5.69 Å². The number of alkyl halides is 3. The number of aromatic nitrogens is 1. The van der Waals surface area contributed by atoms with E-state index >= 15 is 0 Å². The van der Waals surface area contributed by atoms with Crippen molar-refractivity contribution >= 4 is 40.6 Å². The van der Waals surface area contributed by atoms with E-state index in [4.69, 9.17) is 34.8 Å². The van der Waals surface area contributed by atoms with Crippen LogP contribution in [-0.2, 0) is 0 Å². The number of nitrogens with one attached hydrogen (secondary N) is 1. The highest BCUT2D eigenvalue weighted by Gasteiger charge is 2.32.